The summed E-state index contributed by atoms with van der Waals surface area (Å²) in [5, 5.41) is 3.32. The lowest BCUT2D eigenvalue weighted by Gasteiger charge is -2.27. The van der Waals surface area contributed by atoms with E-state index in [9.17, 15) is 18.0 Å². The van der Waals surface area contributed by atoms with E-state index in [1.807, 2.05) is 6.07 Å². The fourth-order valence-corrected chi connectivity index (χ4v) is 3.44. The van der Waals surface area contributed by atoms with Crippen LogP contribution in [0.3, 0.4) is 0 Å². The summed E-state index contributed by atoms with van der Waals surface area (Å²) in [4.78, 5) is 22.8. The van der Waals surface area contributed by atoms with Crippen LogP contribution in [0, 0.1) is 0 Å². The number of carbonyl (C=O) groups is 1. The van der Waals surface area contributed by atoms with Gasteiger partial charge in [-0.1, -0.05) is 11.8 Å². The zero-order valence-electron chi connectivity index (χ0n) is 14.9. The zero-order valence-corrected chi connectivity index (χ0v) is 15.7. The maximum absolute atomic E-state index is 12.2. The Kier molecular flexibility index (Phi) is 6.61. The molecule has 28 heavy (non-hydrogen) atoms. The van der Waals surface area contributed by atoms with Gasteiger partial charge >= 0.3 is 6.36 Å². The van der Waals surface area contributed by atoms with Gasteiger partial charge in [0, 0.05) is 24.8 Å². The molecule has 1 aliphatic heterocycles. The Hall–Kier alpha value is -2.49. The number of thioether (sulfide) groups is 1. The third kappa shape index (κ3) is 6.29. The number of amides is 1. The molecule has 1 saturated heterocycles. The highest BCUT2D eigenvalue weighted by molar-refractivity contribution is 7.99. The average molecular weight is 412 g/mol. The van der Waals surface area contributed by atoms with Gasteiger partial charge in [0.15, 0.2) is 0 Å². The van der Waals surface area contributed by atoms with Gasteiger partial charge in [-0.2, -0.15) is 0 Å². The molecule has 2 heterocycles. The van der Waals surface area contributed by atoms with Crippen molar-refractivity contribution in [1.82, 2.24) is 9.97 Å². The molecule has 2 aromatic rings. The number of hydrogen-bond acceptors (Lipinski definition) is 6. The van der Waals surface area contributed by atoms with Gasteiger partial charge in [0.05, 0.1) is 5.75 Å². The number of halogens is 3. The van der Waals surface area contributed by atoms with Gasteiger partial charge in [-0.3, -0.25) is 4.79 Å². The number of ether oxygens (including phenoxy) is 1. The molecule has 6 nitrogen and oxygen atoms in total. The van der Waals surface area contributed by atoms with Crippen LogP contribution < -0.4 is 15.0 Å². The number of nitrogens with one attached hydrogen (secondary N) is 1. The van der Waals surface area contributed by atoms with Gasteiger partial charge < -0.3 is 15.0 Å². The molecule has 1 fully saturated rings. The number of aromatic nitrogens is 2. The van der Waals surface area contributed by atoms with E-state index in [-0.39, 0.29) is 17.4 Å². The molecule has 3 rings (SSSR count). The van der Waals surface area contributed by atoms with E-state index in [0.29, 0.717) is 10.7 Å². The first-order valence-corrected chi connectivity index (χ1v) is 9.73. The Morgan fingerprint density at radius 2 is 1.86 bits per heavy atom. The molecule has 0 unspecified atom stereocenters. The monoisotopic (exact) mass is 412 g/mol. The molecule has 1 aliphatic rings. The highest BCUT2D eigenvalue weighted by atomic mass is 32.2. The minimum absolute atomic E-state index is 0.122. The number of piperidine rings is 1. The standard InChI is InChI=1S/C18H19F3N4O2S/c19-18(20,21)27-14-6-4-13(5-7-14)24-16(26)11-28-17-10-15(22-12-23-17)25-8-2-1-3-9-25/h4-7,10,12H,1-3,8-9,11H2,(H,24,26). The van der Waals surface area contributed by atoms with Crippen LogP contribution in [0.2, 0.25) is 0 Å². The minimum atomic E-state index is -4.74. The molecule has 10 heteroatoms. The molecule has 0 atom stereocenters. The number of hydrogen-bond donors (Lipinski definition) is 1. The molecule has 0 spiro atoms. The maximum atomic E-state index is 12.2. The van der Waals surface area contributed by atoms with Crippen LogP contribution in [0.25, 0.3) is 0 Å². The minimum Gasteiger partial charge on any atom is -0.406 e. The predicted octanol–water partition coefficient (Wildman–Crippen LogP) is 4.10. The SMILES string of the molecule is O=C(CSc1cc(N2CCCCC2)ncn1)Nc1ccc(OC(F)(F)F)cc1. The fourth-order valence-electron chi connectivity index (χ4n) is 2.78. The van der Waals surface area contributed by atoms with Gasteiger partial charge in [0.2, 0.25) is 5.91 Å². The van der Waals surface area contributed by atoms with Crippen LogP contribution in [0.5, 0.6) is 5.75 Å². The lowest BCUT2D eigenvalue weighted by molar-refractivity contribution is -0.274. The topological polar surface area (TPSA) is 67.4 Å². The summed E-state index contributed by atoms with van der Waals surface area (Å²) < 4.78 is 40.3. The van der Waals surface area contributed by atoms with Crippen molar-refractivity contribution in [2.45, 2.75) is 30.7 Å². The van der Waals surface area contributed by atoms with Crippen molar-refractivity contribution in [2.75, 3.05) is 29.1 Å². The van der Waals surface area contributed by atoms with Crippen molar-refractivity contribution < 1.29 is 22.7 Å². The number of rotatable bonds is 6. The van der Waals surface area contributed by atoms with Crippen molar-refractivity contribution in [1.29, 1.82) is 0 Å². The molecule has 150 valence electrons. The van der Waals surface area contributed by atoms with Crippen LogP contribution >= 0.6 is 11.8 Å². The number of alkyl halides is 3. The summed E-state index contributed by atoms with van der Waals surface area (Å²) in [5.74, 6) is 0.355. The molecular weight excluding hydrogens is 393 g/mol. The molecule has 0 aliphatic carbocycles. The maximum Gasteiger partial charge on any atom is 0.573 e. The summed E-state index contributed by atoms with van der Waals surface area (Å²) in [6.45, 7) is 1.94. The van der Waals surface area contributed by atoms with Crippen LogP contribution in [0.4, 0.5) is 24.7 Å². The molecule has 0 bridgehead atoms. The largest absolute Gasteiger partial charge is 0.573 e. The van der Waals surface area contributed by atoms with Gasteiger partial charge in [-0.05, 0) is 43.5 Å². The zero-order chi connectivity index (χ0) is 20.0. The molecule has 1 amide bonds. The molecule has 0 radical (unpaired) electrons. The van der Waals surface area contributed by atoms with Crippen molar-refractivity contribution in [3.05, 3.63) is 36.7 Å². The quantitative estimate of drug-likeness (QED) is 0.569. The second kappa shape index (κ2) is 9.13. The Bertz CT molecular complexity index is 796. The van der Waals surface area contributed by atoms with Crippen LogP contribution in [-0.4, -0.2) is 41.1 Å². The Morgan fingerprint density at radius 1 is 1.14 bits per heavy atom. The molecule has 1 N–H and O–H groups in total. The van der Waals surface area contributed by atoms with Gasteiger partial charge in [-0.15, -0.1) is 13.2 Å². The first kappa shape index (κ1) is 20.2. The third-order valence-electron chi connectivity index (χ3n) is 4.03. The van der Waals surface area contributed by atoms with Crippen LogP contribution in [-0.2, 0) is 4.79 Å². The highest BCUT2D eigenvalue weighted by Gasteiger charge is 2.30. The molecule has 0 saturated carbocycles. The highest BCUT2D eigenvalue weighted by Crippen LogP contribution is 2.25. The number of anilines is 2. The Balaban J connectivity index is 1.50. The lowest BCUT2D eigenvalue weighted by Crippen LogP contribution is -2.30. The van der Waals surface area contributed by atoms with Crippen molar-refractivity contribution in [3.8, 4) is 5.75 Å². The second-order valence-corrected chi connectivity index (χ2v) is 7.17. The fraction of sp³-hybridized carbons (Fsp3) is 0.389. The van der Waals surface area contributed by atoms with Gasteiger partial charge in [0.25, 0.3) is 0 Å². The van der Waals surface area contributed by atoms with E-state index in [4.69, 9.17) is 0 Å². The van der Waals surface area contributed by atoms with Crippen molar-refractivity contribution >= 4 is 29.2 Å². The summed E-state index contributed by atoms with van der Waals surface area (Å²) in [5.41, 5.74) is 0.386. The molecule has 1 aromatic heterocycles. The van der Waals surface area contributed by atoms with E-state index in [2.05, 4.69) is 24.9 Å². The molecule has 1 aromatic carbocycles. The first-order chi connectivity index (χ1) is 13.4. The number of benzene rings is 1. The average Bonchev–Trinajstić information content (AvgIpc) is 2.68. The summed E-state index contributed by atoms with van der Waals surface area (Å²) >= 11 is 1.27. The summed E-state index contributed by atoms with van der Waals surface area (Å²) in [6.07, 6.45) is 0.256. The van der Waals surface area contributed by atoms with Crippen molar-refractivity contribution in [3.63, 3.8) is 0 Å². The lowest BCUT2D eigenvalue weighted by atomic mass is 10.1. The van der Waals surface area contributed by atoms with Crippen LogP contribution in [0.1, 0.15) is 19.3 Å². The molecular formula is C18H19F3N4O2S. The number of carbonyl (C=O) groups excluding carboxylic acids is 1. The van der Waals surface area contributed by atoms with Crippen LogP contribution in [0.15, 0.2) is 41.7 Å². The summed E-state index contributed by atoms with van der Waals surface area (Å²) in [6, 6.07) is 6.86. The van der Waals surface area contributed by atoms with Gasteiger partial charge in [-0.25, -0.2) is 9.97 Å². The van der Waals surface area contributed by atoms with E-state index in [1.165, 1.54) is 36.6 Å². The number of nitrogens with zero attached hydrogens (tertiary/aromatic N) is 3. The first-order valence-electron chi connectivity index (χ1n) is 8.74. The predicted molar refractivity (Wildman–Crippen MR) is 101 cm³/mol. The third-order valence-corrected chi connectivity index (χ3v) is 4.96. The van der Waals surface area contributed by atoms with E-state index >= 15 is 0 Å². The van der Waals surface area contributed by atoms with E-state index in [0.717, 1.165) is 43.9 Å². The smallest absolute Gasteiger partial charge is 0.406 e. The second-order valence-electron chi connectivity index (χ2n) is 6.17. The Labute approximate surface area is 164 Å². The normalized spacial score (nSPS) is 14.6. The van der Waals surface area contributed by atoms with E-state index in [1.54, 1.807) is 0 Å². The van der Waals surface area contributed by atoms with Gasteiger partial charge in [0.1, 0.15) is 22.9 Å². The van der Waals surface area contributed by atoms with Crippen molar-refractivity contribution in [2.24, 2.45) is 0 Å². The Morgan fingerprint density at radius 3 is 2.54 bits per heavy atom. The van der Waals surface area contributed by atoms with E-state index < -0.39 is 6.36 Å². The summed E-state index contributed by atoms with van der Waals surface area (Å²) in [7, 11) is 0.